The van der Waals surface area contributed by atoms with Crippen molar-refractivity contribution in [3.05, 3.63) is 29.3 Å². The van der Waals surface area contributed by atoms with E-state index in [0.29, 0.717) is 6.42 Å². The molecule has 2 rings (SSSR count). The van der Waals surface area contributed by atoms with E-state index in [2.05, 4.69) is 0 Å². The van der Waals surface area contributed by atoms with Gasteiger partial charge in [-0.25, -0.2) is 0 Å². The summed E-state index contributed by atoms with van der Waals surface area (Å²) in [6.07, 6.45) is 0.669. The van der Waals surface area contributed by atoms with Gasteiger partial charge in [0.2, 0.25) is 0 Å². The molecular formula is C10H10O2S. The van der Waals surface area contributed by atoms with Gasteiger partial charge < -0.3 is 5.11 Å². The number of thioether (sulfide) groups is 1. The van der Waals surface area contributed by atoms with Crippen molar-refractivity contribution in [1.82, 2.24) is 0 Å². The summed E-state index contributed by atoms with van der Waals surface area (Å²) in [7, 11) is 0. The third-order valence-electron chi connectivity index (χ3n) is 2.30. The maximum absolute atomic E-state index is 10.8. The van der Waals surface area contributed by atoms with Gasteiger partial charge >= 0.3 is 5.97 Å². The molecule has 3 heteroatoms. The molecule has 0 aliphatic carbocycles. The second kappa shape index (κ2) is 3.07. The molecule has 68 valence electrons. The average molecular weight is 194 g/mol. The molecule has 0 radical (unpaired) electrons. The van der Waals surface area contributed by atoms with E-state index >= 15 is 0 Å². The van der Waals surface area contributed by atoms with Crippen molar-refractivity contribution in [3.63, 3.8) is 0 Å². The van der Waals surface area contributed by atoms with Gasteiger partial charge in [0, 0.05) is 4.90 Å². The maximum atomic E-state index is 10.8. The fraction of sp³-hybridized carbons (Fsp3) is 0.300. The number of carboxylic acid groups (broad SMARTS) is 1. The van der Waals surface area contributed by atoms with Crippen LogP contribution in [0.2, 0.25) is 0 Å². The monoisotopic (exact) mass is 194 g/mol. The first-order chi connectivity index (χ1) is 6.18. The summed E-state index contributed by atoms with van der Waals surface area (Å²) in [6.45, 7) is 2.03. The van der Waals surface area contributed by atoms with Gasteiger partial charge in [0.15, 0.2) is 0 Å². The summed E-state index contributed by atoms with van der Waals surface area (Å²) in [6, 6.07) is 6.00. The fourth-order valence-corrected chi connectivity index (χ4v) is 2.77. The van der Waals surface area contributed by atoms with Gasteiger partial charge in [0.25, 0.3) is 0 Å². The Balaban J connectivity index is 2.35. The molecule has 0 aromatic heterocycles. The highest BCUT2D eigenvalue weighted by molar-refractivity contribution is 8.01. The molecule has 0 saturated carbocycles. The van der Waals surface area contributed by atoms with Gasteiger partial charge in [-0.2, -0.15) is 0 Å². The number of rotatable bonds is 1. The van der Waals surface area contributed by atoms with Crippen molar-refractivity contribution in [1.29, 1.82) is 0 Å². The predicted molar refractivity (Wildman–Crippen MR) is 52.2 cm³/mol. The first-order valence-corrected chi connectivity index (χ1v) is 5.04. The highest BCUT2D eigenvalue weighted by atomic mass is 32.2. The van der Waals surface area contributed by atoms with Gasteiger partial charge in [-0.15, -0.1) is 11.8 Å². The van der Waals surface area contributed by atoms with Crippen LogP contribution in [0.15, 0.2) is 23.1 Å². The van der Waals surface area contributed by atoms with Crippen molar-refractivity contribution >= 4 is 17.7 Å². The zero-order chi connectivity index (χ0) is 9.42. The SMILES string of the molecule is Cc1cccc2c1C[C@@H](C(=O)O)S2. The minimum absolute atomic E-state index is 0.281. The Morgan fingerprint density at radius 3 is 3.00 bits per heavy atom. The number of carbonyl (C=O) groups is 1. The third kappa shape index (κ3) is 1.44. The molecule has 1 aliphatic heterocycles. The van der Waals surface area contributed by atoms with E-state index in [1.807, 2.05) is 25.1 Å². The Morgan fingerprint density at radius 2 is 2.38 bits per heavy atom. The summed E-state index contributed by atoms with van der Waals surface area (Å²) in [4.78, 5) is 11.9. The number of carboxylic acids is 1. The van der Waals surface area contributed by atoms with E-state index in [-0.39, 0.29) is 5.25 Å². The lowest BCUT2D eigenvalue weighted by Crippen LogP contribution is -2.14. The lowest BCUT2D eigenvalue weighted by atomic mass is 10.0. The van der Waals surface area contributed by atoms with Crippen LogP contribution in [0.5, 0.6) is 0 Å². The lowest BCUT2D eigenvalue weighted by molar-refractivity contribution is -0.136. The first-order valence-electron chi connectivity index (χ1n) is 4.16. The van der Waals surface area contributed by atoms with E-state index in [9.17, 15) is 4.79 Å². The van der Waals surface area contributed by atoms with Crippen molar-refractivity contribution in [2.45, 2.75) is 23.5 Å². The molecule has 0 spiro atoms. The molecule has 1 aliphatic rings. The minimum Gasteiger partial charge on any atom is -0.480 e. The van der Waals surface area contributed by atoms with Gasteiger partial charge in [-0.3, -0.25) is 4.79 Å². The Bertz CT molecular complexity index is 360. The number of fused-ring (bicyclic) bond motifs is 1. The summed E-state index contributed by atoms with van der Waals surface area (Å²) in [5.74, 6) is -0.708. The normalized spacial score (nSPS) is 19.9. The Morgan fingerprint density at radius 1 is 1.62 bits per heavy atom. The van der Waals surface area contributed by atoms with Crippen molar-refractivity contribution < 1.29 is 9.90 Å². The van der Waals surface area contributed by atoms with E-state index in [1.165, 1.54) is 22.9 Å². The molecule has 0 unspecified atom stereocenters. The van der Waals surface area contributed by atoms with Gasteiger partial charge in [-0.1, -0.05) is 12.1 Å². The van der Waals surface area contributed by atoms with Crippen molar-refractivity contribution in [3.8, 4) is 0 Å². The largest absolute Gasteiger partial charge is 0.480 e. The number of benzene rings is 1. The van der Waals surface area contributed by atoms with Crippen LogP contribution >= 0.6 is 11.8 Å². The molecular weight excluding hydrogens is 184 g/mol. The summed E-state index contributed by atoms with van der Waals surface area (Å²) in [5.41, 5.74) is 2.41. The average Bonchev–Trinajstić information content (AvgIpc) is 2.49. The van der Waals surface area contributed by atoms with E-state index < -0.39 is 5.97 Å². The Kier molecular flexibility index (Phi) is 2.04. The third-order valence-corrected chi connectivity index (χ3v) is 3.59. The van der Waals surface area contributed by atoms with Crippen molar-refractivity contribution in [2.24, 2.45) is 0 Å². The Hall–Kier alpha value is -0.960. The van der Waals surface area contributed by atoms with Crippen LogP contribution in [0.1, 0.15) is 11.1 Å². The van der Waals surface area contributed by atoms with E-state index in [1.54, 1.807) is 0 Å². The maximum Gasteiger partial charge on any atom is 0.317 e. The Labute approximate surface area is 81.0 Å². The van der Waals surface area contributed by atoms with E-state index in [4.69, 9.17) is 5.11 Å². The molecule has 2 nitrogen and oxygen atoms in total. The second-order valence-electron chi connectivity index (χ2n) is 3.20. The van der Waals surface area contributed by atoms with Gasteiger partial charge in [0.05, 0.1) is 0 Å². The molecule has 0 saturated heterocycles. The molecule has 13 heavy (non-hydrogen) atoms. The molecule has 0 bridgehead atoms. The van der Waals surface area contributed by atoms with Crippen LogP contribution in [0.4, 0.5) is 0 Å². The molecule has 1 atom stereocenters. The molecule has 0 fully saturated rings. The predicted octanol–water partition coefficient (Wildman–Crippen LogP) is 2.10. The van der Waals surface area contributed by atoms with Crippen molar-refractivity contribution in [2.75, 3.05) is 0 Å². The topological polar surface area (TPSA) is 37.3 Å². The summed E-state index contributed by atoms with van der Waals surface area (Å²) >= 11 is 1.46. The molecule has 1 N–H and O–H groups in total. The van der Waals surface area contributed by atoms with Gasteiger partial charge in [-0.05, 0) is 30.5 Å². The standard InChI is InChI=1S/C10H10O2S/c1-6-3-2-4-8-7(6)5-9(13-8)10(11)12/h2-4,9H,5H2,1H3,(H,11,12)/t9-/m0/s1. The van der Waals surface area contributed by atoms with Crippen LogP contribution in [0, 0.1) is 6.92 Å². The summed E-state index contributed by atoms with van der Waals surface area (Å²) in [5, 5.41) is 8.57. The minimum atomic E-state index is -0.708. The van der Waals surface area contributed by atoms with Crippen LogP contribution in [-0.4, -0.2) is 16.3 Å². The number of aliphatic carboxylic acids is 1. The lowest BCUT2D eigenvalue weighted by Gasteiger charge is -2.00. The van der Waals surface area contributed by atoms with E-state index in [0.717, 1.165) is 4.90 Å². The number of aryl methyl sites for hydroxylation is 1. The molecule has 1 aromatic carbocycles. The van der Waals surface area contributed by atoms with Crippen LogP contribution in [-0.2, 0) is 11.2 Å². The van der Waals surface area contributed by atoms with Gasteiger partial charge in [0.1, 0.15) is 5.25 Å². The zero-order valence-electron chi connectivity index (χ0n) is 7.28. The number of hydrogen-bond acceptors (Lipinski definition) is 2. The zero-order valence-corrected chi connectivity index (χ0v) is 8.10. The quantitative estimate of drug-likeness (QED) is 0.743. The number of hydrogen-bond donors (Lipinski definition) is 1. The smallest absolute Gasteiger partial charge is 0.317 e. The highest BCUT2D eigenvalue weighted by Gasteiger charge is 2.28. The molecule has 1 aromatic rings. The first kappa shape index (κ1) is 8.63. The summed E-state index contributed by atoms with van der Waals surface area (Å²) < 4.78 is 0. The molecule has 0 amide bonds. The van der Waals surface area contributed by atoms with Crippen LogP contribution < -0.4 is 0 Å². The second-order valence-corrected chi connectivity index (χ2v) is 4.45. The van der Waals surface area contributed by atoms with Crippen LogP contribution in [0.3, 0.4) is 0 Å². The highest BCUT2D eigenvalue weighted by Crippen LogP contribution is 2.38. The van der Waals surface area contributed by atoms with Crippen LogP contribution in [0.25, 0.3) is 0 Å². The molecule has 1 heterocycles. The fourth-order valence-electron chi connectivity index (χ4n) is 1.57.